The summed E-state index contributed by atoms with van der Waals surface area (Å²) in [6, 6.07) is 6.71. The Morgan fingerprint density at radius 1 is 1.05 bits per heavy atom. The van der Waals surface area contributed by atoms with Gasteiger partial charge in [-0.25, -0.2) is 0 Å². The predicted molar refractivity (Wildman–Crippen MR) is 80.8 cm³/mol. The molecule has 1 saturated heterocycles. The zero-order valence-electron chi connectivity index (χ0n) is 12.7. The fourth-order valence-electron chi connectivity index (χ4n) is 3.92. The molecular formula is C18H26O2. The maximum Gasteiger partial charge on any atom is 0.184 e. The number of ether oxygens (including phenoxy) is 2. The molecule has 1 aliphatic heterocycles. The second-order valence-electron chi connectivity index (χ2n) is 6.21. The topological polar surface area (TPSA) is 18.5 Å². The van der Waals surface area contributed by atoms with Crippen molar-refractivity contribution in [3.05, 3.63) is 34.9 Å². The van der Waals surface area contributed by atoms with E-state index in [-0.39, 0.29) is 6.29 Å². The number of hydrogen-bond donors (Lipinski definition) is 0. The Morgan fingerprint density at radius 3 is 2.45 bits per heavy atom. The summed E-state index contributed by atoms with van der Waals surface area (Å²) in [5, 5.41) is 0. The van der Waals surface area contributed by atoms with Gasteiger partial charge in [-0.15, -0.1) is 0 Å². The van der Waals surface area contributed by atoms with Crippen LogP contribution >= 0.6 is 0 Å². The minimum Gasteiger partial charge on any atom is -0.346 e. The van der Waals surface area contributed by atoms with E-state index in [9.17, 15) is 0 Å². The van der Waals surface area contributed by atoms with Crippen LogP contribution in [0.4, 0.5) is 0 Å². The van der Waals surface area contributed by atoms with Crippen LogP contribution in [-0.2, 0) is 15.9 Å². The monoisotopic (exact) mass is 274 g/mol. The molecule has 0 aromatic heterocycles. The van der Waals surface area contributed by atoms with E-state index in [1.807, 2.05) is 0 Å². The van der Waals surface area contributed by atoms with Crippen molar-refractivity contribution in [3.63, 3.8) is 0 Å². The van der Waals surface area contributed by atoms with Gasteiger partial charge < -0.3 is 9.47 Å². The lowest BCUT2D eigenvalue weighted by molar-refractivity contribution is -0.0447. The van der Waals surface area contributed by atoms with E-state index in [1.54, 1.807) is 5.56 Å². The Bertz CT molecular complexity index is 449. The van der Waals surface area contributed by atoms with Crippen molar-refractivity contribution >= 4 is 0 Å². The molecule has 2 atom stereocenters. The summed E-state index contributed by atoms with van der Waals surface area (Å²) in [4.78, 5) is 0. The molecule has 2 nitrogen and oxygen atoms in total. The average molecular weight is 274 g/mol. The first-order valence-electron chi connectivity index (χ1n) is 8.16. The third kappa shape index (κ3) is 2.64. The van der Waals surface area contributed by atoms with Gasteiger partial charge in [0.2, 0.25) is 0 Å². The average Bonchev–Trinajstić information content (AvgIpc) is 3.01. The Morgan fingerprint density at radius 2 is 1.75 bits per heavy atom. The molecule has 3 rings (SSSR count). The first-order chi connectivity index (χ1) is 9.81. The van der Waals surface area contributed by atoms with Gasteiger partial charge in [-0.2, -0.15) is 0 Å². The lowest BCUT2D eigenvalue weighted by Crippen LogP contribution is -2.17. The van der Waals surface area contributed by atoms with Gasteiger partial charge >= 0.3 is 0 Å². The molecule has 2 aliphatic rings. The second-order valence-corrected chi connectivity index (χ2v) is 6.21. The highest BCUT2D eigenvalue weighted by Crippen LogP contribution is 2.41. The molecule has 20 heavy (non-hydrogen) atoms. The van der Waals surface area contributed by atoms with Crippen molar-refractivity contribution in [3.8, 4) is 0 Å². The van der Waals surface area contributed by atoms with Gasteiger partial charge in [-0.1, -0.05) is 51.3 Å². The first-order valence-corrected chi connectivity index (χ1v) is 8.16. The van der Waals surface area contributed by atoms with Crippen LogP contribution in [0.25, 0.3) is 0 Å². The molecular weight excluding hydrogens is 248 g/mol. The molecule has 1 aliphatic carbocycles. The summed E-state index contributed by atoms with van der Waals surface area (Å²) >= 11 is 0. The summed E-state index contributed by atoms with van der Waals surface area (Å²) in [7, 11) is 0. The molecule has 0 spiro atoms. The van der Waals surface area contributed by atoms with E-state index in [0.29, 0.717) is 0 Å². The van der Waals surface area contributed by atoms with E-state index in [0.717, 1.165) is 31.5 Å². The standard InChI is InChI=1S/C18H26O2/c1-3-14-16(15-8-5-4-7-13(15)2)9-6-10-17(14)18-19-11-12-20-18/h6,9-10,13,15,18H,3-5,7-8,11-12H2,1-2H3. The quantitative estimate of drug-likeness (QED) is 0.802. The van der Waals surface area contributed by atoms with E-state index in [4.69, 9.17) is 9.47 Å². The van der Waals surface area contributed by atoms with Crippen LogP contribution < -0.4 is 0 Å². The number of rotatable bonds is 3. The van der Waals surface area contributed by atoms with Gasteiger partial charge in [-0.3, -0.25) is 0 Å². The second kappa shape index (κ2) is 6.28. The summed E-state index contributed by atoms with van der Waals surface area (Å²) in [6.07, 6.45) is 6.41. The van der Waals surface area contributed by atoms with Crippen molar-refractivity contribution in [1.82, 2.24) is 0 Å². The van der Waals surface area contributed by atoms with Crippen LogP contribution in [-0.4, -0.2) is 13.2 Å². The summed E-state index contributed by atoms with van der Waals surface area (Å²) < 4.78 is 11.5. The van der Waals surface area contributed by atoms with Crippen LogP contribution in [0.15, 0.2) is 18.2 Å². The molecule has 1 saturated carbocycles. The molecule has 1 heterocycles. The summed E-state index contributed by atoms with van der Waals surface area (Å²) in [6.45, 7) is 6.11. The largest absolute Gasteiger partial charge is 0.346 e. The molecule has 0 amide bonds. The van der Waals surface area contributed by atoms with Gasteiger partial charge in [0.25, 0.3) is 0 Å². The molecule has 0 N–H and O–H groups in total. The highest BCUT2D eigenvalue weighted by atomic mass is 16.7. The number of hydrogen-bond acceptors (Lipinski definition) is 2. The van der Waals surface area contributed by atoms with Crippen LogP contribution in [0.2, 0.25) is 0 Å². The van der Waals surface area contributed by atoms with Crippen LogP contribution in [0.5, 0.6) is 0 Å². The SMILES string of the molecule is CCc1c(C2OCCO2)cccc1C1CCCCC1C. The van der Waals surface area contributed by atoms with E-state index < -0.39 is 0 Å². The van der Waals surface area contributed by atoms with Crippen LogP contribution in [0.3, 0.4) is 0 Å². The zero-order chi connectivity index (χ0) is 13.9. The van der Waals surface area contributed by atoms with Crippen molar-refractivity contribution in [2.24, 2.45) is 5.92 Å². The highest BCUT2D eigenvalue weighted by Gasteiger charge is 2.28. The molecule has 0 radical (unpaired) electrons. The summed E-state index contributed by atoms with van der Waals surface area (Å²) in [5.41, 5.74) is 4.29. The fourth-order valence-corrected chi connectivity index (χ4v) is 3.92. The molecule has 2 heteroatoms. The highest BCUT2D eigenvalue weighted by molar-refractivity contribution is 5.39. The Hall–Kier alpha value is -0.860. The van der Waals surface area contributed by atoms with Gasteiger partial charge in [0, 0.05) is 5.56 Å². The lowest BCUT2D eigenvalue weighted by Gasteiger charge is -2.31. The van der Waals surface area contributed by atoms with Gasteiger partial charge in [-0.05, 0) is 35.8 Å². The van der Waals surface area contributed by atoms with Gasteiger partial charge in [0.15, 0.2) is 6.29 Å². The third-order valence-electron chi connectivity index (χ3n) is 4.99. The maximum atomic E-state index is 5.73. The minimum atomic E-state index is -0.135. The fraction of sp³-hybridized carbons (Fsp3) is 0.667. The van der Waals surface area contributed by atoms with Gasteiger partial charge in [0.1, 0.15) is 0 Å². The lowest BCUT2D eigenvalue weighted by atomic mass is 9.74. The molecule has 0 bridgehead atoms. The Kier molecular flexibility index (Phi) is 4.42. The molecule has 1 aromatic carbocycles. The molecule has 2 fully saturated rings. The third-order valence-corrected chi connectivity index (χ3v) is 4.99. The normalized spacial score (nSPS) is 27.9. The summed E-state index contributed by atoms with van der Waals surface area (Å²) in [5.74, 6) is 1.52. The van der Waals surface area contributed by atoms with Crippen molar-refractivity contribution in [1.29, 1.82) is 0 Å². The molecule has 1 aromatic rings. The molecule has 2 unspecified atom stereocenters. The zero-order valence-corrected chi connectivity index (χ0v) is 12.7. The minimum absolute atomic E-state index is 0.135. The van der Waals surface area contributed by atoms with E-state index in [2.05, 4.69) is 32.0 Å². The predicted octanol–water partition coefficient (Wildman–Crippen LogP) is 4.59. The van der Waals surface area contributed by atoms with Crippen molar-refractivity contribution in [2.45, 2.75) is 58.2 Å². The smallest absolute Gasteiger partial charge is 0.184 e. The number of benzene rings is 1. The first kappa shape index (κ1) is 14.1. The van der Waals surface area contributed by atoms with E-state index in [1.165, 1.54) is 36.8 Å². The van der Waals surface area contributed by atoms with Gasteiger partial charge in [0.05, 0.1) is 13.2 Å². The Balaban J connectivity index is 1.95. The van der Waals surface area contributed by atoms with E-state index >= 15 is 0 Å². The van der Waals surface area contributed by atoms with Crippen LogP contribution in [0.1, 0.15) is 68.4 Å². The maximum absolute atomic E-state index is 5.73. The van der Waals surface area contributed by atoms with Crippen molar-refractivity contribution < 1.29 is 9.47 Å². The van der Waals surface area contributed by atoms with Crippen molar-refractivity contribution in [2.75, 3.05) is 13.2 Å². The molecule has 110 valence electrons. The van der Waals surface area contributed by atoms with Crippen LogP contribution in [0, 0.1) is 5.92 Å². The Labute approximate surface area is 122 Å².